The van der Waals surface area contributed by atoms with Crippen molar-refractivity contribution in [2.75, 3.05) is 11.9 Å². The van der Waals surface area contributed by atoms with E-state index in [9.17, 15) is 9.59 Å². The molecular formula is C20H19ClN2O3. The Morgan fingerprint density at radius 3 is 2.54 bits per heavy atom. The van der Waals surface area contributed by atoms with Crippen LogP contribution in [0.15, 0.2) is 41.4 Å². The molecule has 3 rings (SSSR count). The van der Waals surface area contributed by atoms with Gasteiger partial charge in [0.25, 0.3) is 5.91 Å². The maximum absolute atomic E-state index is 12.3. The van der Waals surface area contributed by atoms with Crippen molar-refractivity contribution >= 4 is 40.6 Å². The molecule has 0 radical (unpaired) electrons. The van der Waals surface area contributed by atoms with E-state index in [-0.39, 0.29) is 23.5 Å². The summed E-state index contributed by atoms with van der Waals surface area (Å²) in [6.07, 6.45) is 0. The number of ether oxygens (including phenoxy) is 1. The van der Waals surface area contributed by atoms with Crippen molar-refractivity contribution in [3.8, 4) is 0 Å². The van der Waals surface area contributed by atoms with Gasteiger partial charge in [-0.3, -0.25) is 4.79 Å². The number of fused-ring (bicyclic) bond motifs is 1. The van der Waals surface area contributed by atoms with Crippen molar-refractivity contribution in [2.24, 2.45) is 10.9 Å². The monoisotopic (exact) mass is 370 g/mol. The zero-order chi connectivity index (χ0) is 18.8. The molecule has 1 aliphatic rings. The molecule has 0 saturated heterocycles. The van der Waals surface area contributed by atoms with Gasteiger partial charge in [-0.15, -0.1) is 0 Å². The van der Waals surface area contributed by atoms with Gasteiger partial charge in [0.1, 0.15) is 5.71 Å². The summed E-state index contributed by atoms with van der Waals surface area (Å²) in [6, 6.07) is 10.2. The number of nitrogens with zero attached hydrogens (tertiary/aromatic N) is 1. The number of aryl methyl sites for hydroxylation is 1. The summed E-state index contributed by atoms with van der Waals surface area (Å²) in [7, 11) is 0. The van der Waals surface area contributed by atoms with Crippen molar-refractivity contribution < 1.29 is 14.3 Å². The highest BCUT2D eigenvalue weighted by Crippen LogP contribution is 2.34. The molecule has 5 nitrogen and oxygen atoms in total. The van der Waals surface area contributed by atoms with Crippen LogP contribution in [0.1, 0.15) is 35.3 Å². The number of nitrogens with one attached hydrogen (secondary N) is 1. The van der Waals surface area contributed by atoms with Gasteiger partial charge in [0, 0.05) is 5.56 Å². The molecule has 134 valence electrons. The van der Waals surface area contributed by atoms with Gasteiger partial charge in [-0.1, -0.05) is 31.5 Å². The normalized spacial score (nSPS) is 14.5. The molecule has 0 aliphatic carbocycles. The van der Waals surface area contributed by atoms with Crippen molar-refractivity contribution in [2.45, 2.75) is 20.8 Å². The van der Waals surface area contributed by atoms with Gasteiger partial charge in [0.05, 0.1) is 28.6 Å². The highest BCUT2D eigenvalue weighted by Gasteiger charge is 2.29. The van der Waals surface area contributed by atoms with E-state index >= 15 is 0 Å². The SMILES string of the molecule is Cc1ccc(Cl)c2c1NC(=O)C2=Nc1ccc(C(=O)OCC(C)C)cc1. The third-order valence-electron chi connectivity index (χ3n) is 3.94. The highest BCUT2D eigenvalue weighted by molar-refractivity contribution is 6.57. The van der Waals surface area contributed by atoms with Gasteiger partial charge in [-0.25, -0.2) is 9.79 Å². The maximum Gasteiger partial charge on any atom is 0.338 e. The Bertz CT molecular complexity index is 902. The van der Waals surface area contributed by atoms with E-state index in [1.165, 1.54) is 0 Å². The number of halogens is 1. The number of hydrogen-bond donors (Lipinski definition) is 1. The molecule has 1 N–H and O–H groups in total. The third kappa shape index (κ3) is 3.63. The van der Waals surface area contributed by atoms with Crippen LogP contribution in [-0.4, -0.2) is 24.2 Å². The summed E-state index contributed by atoms with van der Waals surface area (Å²) in [6.45, 7) is 6.22. The standard InChI is InChI=1S/C20H19ClN2O3/c1-11(2)10-26-20(25)13-5-7-14(8-6-13)22-18-16-15(21)9-4-12(3)17(16)23-19(18)24/h4-9,11H,10H2,1-3H3,(H,22,23,24). The Kier molecular flexibility index (Phi) is 5.09. The van der Waals surface area contributed by atoms with Crippen LogP contribution < -0.4 is 5.32 Å². The van der Waals surface area contributed by atoms with Crippen LogP contribution in [0.5, 0.6) is 0 Å². The van der Waals surface area contributed by atoms with E-state index in [1.54, 1.807) is 30.3 Å². The summed E-state index contributed by atoms with van der Waals surface area (Å²) in [5, 5.41) is 3.27. The maximum atomic E-state index is 12.3. The van der Waals surface area contributed by atoms with E-state index < -0.39 is 0 Å². The first kappa shape index (κ1) is 18.1. The van der Waals surface area contributed by atoms with Crippen molar-refractivity contribution in [3.63, 3.8) is 0 Å². The van der Waals surface area contributed by atoms with Crippen LogP contribution in [0.2, 0.25) is 5.02 Å². The molecule has 2 aromatic rings. The first-order chi connectivity index (χ1) is 12.4. The second kappa shape index (κ2) is 7.30. The zero-order valence-electron chi connectivity index (χ0n) is 14.8. The quantitative estimate of drug-likeness (QED) is 0.803. The summed E-state index contributed by atoms with van der Waals surface area (Å²) in [5.74, 6) is -0.393. The third-order valence-corrected chi connectivity index (χ3v) is 4.26. The number of carbonyl (C=O) groups excluding carboxylic acids is 2. The second-order valence-electron chi connectivity index (χ2n) is 6.57. The lowest BCUT2D eigenvalue weighted by molar-refractivity contribution is -0.110. The van der Waals surface area contributed by atoms with Crippen molar-refractivity contribution in [1.82, 2.24) is 0 Å². The Balaban J connectivity index is 1.87. The Labute approximate surface area is 157 Å². The molecule has 0 bridgehead atoms. The van der Waals surface area contributed by atoms with E-state index in [0.29, 0.717) is 34.1 Å². The van der Waals surface area contributed by atoms with Gasteiger partial charge in [0.15, 0.2) is 0 Å². The molecule has 26 heavy (non-hydrogen) atoms. The molecule has 0 spiro atoms. The number of benzene rings is 2. The molecule has 0 saturated carbocycles. The molecule has 1 heterocycles. The van der Waals surface area contributed by atoms with Gasteiger partial charge in [-0.05, 0) is 48.7 Å². The fourth-order valence-electron chi connectivity index (χ4n) is 2.59. The Morgan fingerprint density at radius 2 is 1.88 bits per heavy atom. The lowest BCUT2D eigenvalue weighted by Crippen LogP contribution is -2.14. The van der Waals surface area contributed by atoms with Gasteiger partial charge in [-0.2, -0.15) is 0 Å². The minimum atomic E-state index is -0.375. The number of hydrogen-bond acceptors (Lipinski definition) is 4. The summed E-state index contributed by atoms with van der Waals surface area (Å²) in [5.41, 5.74) is 3.49. The number of rotatable bonds is 4. The first-order valence-corrected chi connectivity index (χ1v) is 8.71. The van der Waals surface area contributed by atoms with Crippen LogP contribution in [0, 0.1) is 12.8 Å². The van der Waals surface area contributed by atoms with Crippen LogP contribution >= 0.6 is 11.6 Å². The topological polar surface area (TPSA) is 67.8 Å². The summed E-state index contributed by atoms with van der Waals surface area (Å²) < 4.78 is 5.20. The summed E-state index contributed by atoms with van der Waals surface area (Å²) in [4.78, 5) is 28.7. The average Bonchev–Trinajstić information content (AvgIpc) is 2.94. The number of carbonyl (C=O) groups is 2. The number of amides is 1. The molecule has 0 unspecified atom stereocenters. The molecule has 2 aromatic carbocycles. The first-order valence-electron chi connectivity index (χ1n) is 8.33. The molecular weight excluding hydrogens is 352 g/mol. The van der Waals surface area contributed by atoms with Gasteiger partial charge >= 0.3 is 5.97 Å². The predicted molar refractivity (Wildman–Crippen MR) is 103 cm³/mol. The fourth-order valence-corrected chi connectivity index (χ4v) is 2.84. The van der Waals surface area contributed by atoms with Gasteiger partial charge < -0.3 is 10.1 Å². The van der Waals surface area contributed by atoms with E-state index in [0.717, 1.165) is 5.56 Å². The lowest BCUT2D eigenvalue weighted by Gasteiger charge is -2.07. The second-order valence-corrected chi connectivity index (χ2v) is 6.98. The lowest BCUT2D eigenvalue weighted by atomic mass is 10.1. The van der Waals surface area contributed by atoms with Gasteiger partial charge in [0.2, 0.25) is 0 Å². The number of anilines is 1. The Morgan fingerprint density at radius 1 is 1.19 bits per heavy atom. The predicted octanol–water partition coefficient (Wildman–Crippen LogP) is 4.53. The molecule has 6 heteroatoms. The van der Waals surface area contributed by atoms with E-state index in [1.807, 2.05) is 26.8 Å². The molecule has 1 aliphatic heterocycles. The highest BCUT2D eigenvalue weighted by atomic mass is 35.5. The largest absolute Gasteiger partial charge is 0.462 e. The fraction of sp³-hybridized carbons (Fsp3) is 0.250. The van der Waals surface area contributed by atoms with E-state index in [4.69, 9.17) is 16.3 Å². The number of esters is 1. The van der Waals surface area contributed by atoms with E-state index in [2.05, 4.69) is 10.3 Å². The zero-order valence-corrected chi connectivity index (χ0v) is 15.6. The number of aliphatic imine (C=N–C) groups is 1. The van der Waals surface area contributed by atoms with Crippen LogP contribution in [0.4, 0.5) is 11.4 Å². The van der Waals surface area contributed by atoms with Crippen molar-refractivity contribution in [3.05, 3.63) is 58.1 Å². The average molecular weight is 371 g/mol. The minimum Gasteiger partial charge on any atom is -0.462 e. The van der Waals surface area contributed by atoms with Crippen molar-refractivity contribution in [1.29, 1.82) is 0 Å². The van der Waals surface area contributed by atoms with Crippen LogP contribution in [-0.2, 0) is 9.53 Å². The molecule has 0 fully saturated rings. The van der Waals surface area contributed by atoms with Crippen LogP contribution in [0.25, 0.3) is 0 Å². The molecule has 0 aromatic heterocycles. The summed E-state index contributed by atoms with van der Waals surface area (Å²) >= 11 is 6.26. The minimum absolute atomic E-state index is 0.267. The van der Waals surface area contributed by atoms with Crippen LogP contribution in [0.3, 0.4) is 0 Å². The molecule has 1 amide bonds. The smallest absolute Gasteiger partial charge is 0.338 e. The molecule has 0 atom stereocenters. The Hall–Kier alpha value is -2.66.